The average molecular weight is 459 g/mol. The number of hydrogen-bond acceptors (Lipinski definition) is 7. The lowest BCUT2D eigenvalue weighted by atomic mass is 9.63. The van der Waals surface area contributed by atoms with Crippen molar-refractivity contribution >= 4 is 18.4 Å². The Bertz CT molecular complexity index is 1320. The maximum atomic E-state index is 6.77. The molecule has 0 bridgehead atoms. The lowest BCUT2D eigenvalue weighted by molar-refractivity contribution is 0.137. The van der Waals surface area contributed by atoms with Crippen molar-refractivity contribution in [1.82, 2.24) is 15.0 Å². The van der Waals surface area contributed by atoms with E-state index in [0.29, 0.717) is 17.6 Å². The van der Waals surface area contributed by atoms with E-state index in [4.69, 9.17) is 30.1 Å². The lowest BCUT2D eigenvalue weighted by Gasteiger charge is -2.29. The van der Waals surface area contributed by atoms with Crippen LogP contribution >= 0.6 is 0 Å². The van der Waals surface area contributed by atoms with Gasteiger partial charge in [0.05, 0.1) is 12.5 Å². The van der Waals surface area contributed by atoms with Crippen molar-refractivity contribution in [1.29, 1.82) is 0 Å². The molecular formula is C27H22BN5O2. The highest BCUT2D eigenvalue weighted by Gasteiger charge is 2.31. The SMILES string of the molecule is NB(Nc1nc(-c2ccccc2)nc(-c2ccccc2)n1)c1c(C2C=CO2)cccc1C1C=CO1. The minimum absolute atomic E-state index is 0.153. The van der Waals surface area contributed by atoms with Gasteiger partial charge < -0.3 is 20.3 Å². The van der Waals surface area contributed by atoms with Gasteiger partial charge in [0.25, 0.3) is 0 Å². The molecule has 3 aromatic carbocycles. The summed E-state index contributed by atoms with van der Waals surface area (Å²) in [6, 6.07) is 25.7. The molecule has 4 aromatic rings. The normalized spacial score (nSPS) is 17.5. The van der Waals surface area contributed by atoms with Crippen molar-refractivity contribution in [2.24, 2.45) is 5.64 Å². The Balaban J connectivity index is 1.41. The van der Waals surface area contributed by atoms with Crippen LogP contribution in [0.15, 0.2) is 104 Å². The molecule has 0 aliphatic carbocycles. The van der Waals surface area contributed by atoms with E-state index in [-0.39, 0.29) is 12.2 Å². The Morgan fingerprint density at radius 2 is 1.14 bits per heavy atom. The molecule has 170 valence electrons. The Kier molecular flexibility index (Phi) is 5.48. The fraction of sp³-hybridized carbons (Fsp3) is 0.0741. The monoisotopic (exact) mass is 459 g/mol. The molecule has 0 saturated carbocycles. The quantitative estimate of drug-likeness (QED) is 0.401. The molecule has 2 atom stereocenters. The molecular weight excluding hydrogens is 437 g/mol. The fourth-order valence-corrected chi connectivity index (χ4v) is 4.21. The standard InChI is InChI=1S/C27H22BN5O2/c29-28(24-20(22-14-16-34-22)12-7-13-21(24)23-15-17-35-23)33-27-31-25(18-8-3-1-4-9-18)30-26(32-27)19-10-5-2-6-11-19/h1-17,22-23H,29H2,(H,30,31,32,33). The van der Waals surface area contributed by atoms with Gasteiger partial charge in [0, 0.05) is 11.1 Å². The van der Waals surface area contributed by atoms with Crippen LogP contribution in [0.3, 0.4) is 0 Å². The number of nitrogens with one attached hydrogen (secondary N) is 1. The van der Waals surface area contributed by atoms with Gasteiger partial charge in [0.1, 0.15) is 12.2 Å². The van der Waals surface area contributed by atoms with Crippen LogP contribution in [-0.4, -0.2) is 21.9 Å². The van der Waals surface area contributed by atoms with Gasteiger partial charge in [-0.2, -0.15) is 9.97 Å². The summed E-state index contributed by atoms with van der Waals surface area (Å²) in [6.45, 7) is -0.606. The average Bonchev–Trinajstić information content (AvgIpc) is 2.83. The minimum atomic E-state index is -0.606. The summed E-state index contributed by atoms with van der Waals surface area (Å²) in [5.41, 5.74) is 11.4. The second-order valence-electron chi connectivity index (χ2n) is 8.28. The molecule has 0 spiro atoms. The molecule has 0 fully saturated rings. The zero-order valence-electron chi connectivity index (χ0n) is 18.8. The Morgan fingerprint density at radius 1 is 0.657 bits per heavy atom. The van der Waals surface area contributed by atoms with Gasteiger partial charge in [-0.25, -0.2) is 4.98 Å². The van der Waals surface area contributed by atoms with E-state index in [1.54, 1.807) is 12.5 Å². The summed E-state index contributed by atoms with van der Waals surface area (Å²) >= 11 is 0. The summed E-state index contributed by atoms with van der Waals surface area (Å²) in [6.07, 6.45) is 7.06. The molecule has 3 heterocycles. The topological polar surface area (TPSA) is 95.2 Å². The van der Waals surface area contributed by atoms with E-state index >= 15 is 0 Å². The van der Waals surface area contributed by atoms with Gasteiger partial charge in [-0.1, -0.05) is 78.9 Å². The summed E-state index contributed by atoms with van der Waals surface area (Å²) in [4.78, 5) is 14.1. The van der Waals surface area contributed by atoms with Crippen molar-refractivity contribution < 1.29 is 9.47 Å². The second kappa shape index (κ2) is 9.08. The van der Waals surface area contributed by atoms with Crippen LogP contribution in [0, 0.1) is 0 Å². The fourth-order valence-electron chi connectivity index (χ4n) is 4.21. The maximum absolute atomic E-state index is 6.77. The molecule has 8 heteroatoms. The molecule has 35 heavy (non-hydrogen) atoms. The van der Waals surface area contributed by atoms with Gasteiger partial charge in [-0.05, 0) is 28.7 Å². The number of nitrogens with zero attached hydrogens (tertiary/aromatic N) is 3. The number of rotatable bonds is 7. The first-order valence-corrected chi connectivity index (χ1v) is 11.4. The molecule has 7 nitrogen and oxygen atoms in total. The van der Waals surface area contributed by atoms with Gasteiger partial charge in [0.15, 0.2) is 11.6 Å². The van der Waals surface area contributed by atoms with Crippen LogP contribution in [0.4, 0.5) is 5.95 Å². The third-order valence-corrected chi connectivity index (χ3v) is 6.04. The number of benzene rings is 3. The Morgan fingerprint density at radius 3 is 1.57 bits per heavy atom. The van der Waals surface area contributed by atoms with Crippen LogP contribution in [0.25, 0.3) is 22.8 Å². The number of anilines is 1. The van der Waals surface area contributed by atoms with Crippen molar-refractivity contribution in [3.05, 3.63) is 115 Å². The van der Waals surface area contributed by atoms with E-state index in [9.17, 15) is 0 Å². The summed E-state index contributed by atoms with van der Waals surface area (Å²) in [5, 5.41) is 3.32. The lowest BCUT2D eigenvalue weighted by Crippen LogP contribution is -2.52. The number of hydrogen-bond donors (Lipinski definition) is 2. The van der Waals surface area contributed by atoms with Crippen LogP contribution in [0.2, 0.25) is 0 Å². The van der Waals surface area contributed by atoms with E-state index in [2.05, 4.69) is 5.23 Å². The predicted octanol–water partition coefficient (Wildman–Crippen LogP) is 4.14. The van der Waals surface area contributed by atoms with Crippen molar-refractivity contribution in [3.8, 4) is 22.8 Å². The zero-order chi connectivity index (χ0) is 23.6. The molecule has 2 unspecified atom stereocenters. The van der Waals surface area contributed by atoms with Gasteiger partial charge in [-0.3, -0.25) is 0 Å². The summed E-state index contributed by atoms with van der Waals surface area (Å²) < 4.78 is 11.3. The first-order valence-electron chi connectivity index (χ1n) is 11.4. The number of nitrogens with two attached hydrogens (primary N) is 1. The highest BCUT2D eigenvalue weighted by molar-refractivity contribution is 6.74. The Hall–Kier alpha value is -4.43. The largest absolute Gasteiger partial charge is 0.489 e. The van der Waals surface area contributed by atoms with Crippen LogP contribution in [0.5, 0.6) is 0 Å². The maximum Gasteiger partial charge on any atom is 0.373 e. The van der Waals surface area contributed by atoms with E-state index in [0.717, 1.165) is 27.7 Å². The first-order chi connectivity index (χ1) is 17.3. The van der Waals surface area contributed by atoms with E-state index in [1.807, 2.05) is 91.0 Å². The second-order valence-corrected chi connectivity index (χ2v) is 8.28. The smallest absolute Gasteiger partial charge is 0.373 e. The molecule has 2 aliphatic rings. The minimum Gasteiger partial charge on any atom is -0.489 e. The van der Waals surface area contributed by atoms with Crippen molar-refractivity contribution in [2.45, 2.75) is 12.2 Å². The van der Waals surface area contributed by atoms with Gasteiger partial charge in [0.2, 0.25) is 5.95 Å². The predicted molar refractivity (Wildman–Crippen MR) is 136 cm³/mol. The Labute approximate surface area is 203 Å². The third-order valence-electron chi connectivity index (χ3n) is 6.04. The number of aromatic nitrogens is 3. The van der Waals surface area contributed by atoms with Crippen LogP contribution in [0.1, 0.15) is 23.3 Å². The summed E-state index contributed by atoms with van der Waals surface area (Å²) in [5.74, 6) is 1.53. The molecule has 0 radical (unpaired) electrons. The molecule has 0 saturated heterocycles. The first kappa shape index (κ1) is 21.1. The van der Waals surface area contributed by atoms with Crippen LogP contribution < -0.4 is 16.3 Å². The van der Waals surface area contributed by atoms with Crippen LogP contribution in [-0.2, 0) is 9.47 Å². The highest BCUT2D eigenvalue weighted by atomic mass is 16.5. The van der Waals surface area contributed by atoms with Crippen molar-refractivity contribution in [2.75, 3.05) is 5.23 Å². The van der Waals surface area contributed by atoms with Gasteiger partial charge in [-0.15, -0.1) is 0 Å². The summed E-state index contributed by atoms with van der Waals surface area (Å²) in [7, 11) is 0. The van der Waals surface area contributed by atoms with Crippen molar-refractivity contribution in [3.63, 3.8) is 0 Å². The van der Waals surface area contributed by atoms with E-state index in [1.165, 1.54) is 0 Å². The van der Waals surface area contributed by atoms with Gasteiger partial charge >= 0.3 is 6.98 Å². The molecule has 3 N–H and O–H groups in total. The highest BCUT2D eigenvalue weighted by Crippen LogP contribution is 2.30. The zero-order valence-corrected chi connectivity index (χ0v) is 18.8. The molecule has 0 amide bonds. The number of ether oxygens (including phenoxy) is 2. The molecule has 6 rings (SSSR count). The molecule has 1 aromatic heterocycles. The third kappa shape index (κ3) is 4.15. The molecule has 2 aliphatic heterocycles. The van der Waals surface area contributed by atoms with E-state index < -0.39 is 6.98 Å².